The largest absolute Gasteiger partial charge is 0.478 e. The van der Waals surface area contributed by atoms with Crippen molar-refractivity contribution in [3.05, 3.63) is 11.6 Å². The van der Waals surface area contributed by atoms with Gasteiger partial charge in [0.25, 0.3) is 5.92 Å². The van der Waals surface area contributed by atoms with Gasteiger partial charge in [-0.15, -0.1) is 0 Å². The molecule has 0 atom stereocenters. The molecule has 1 aliphatic carbocycles. The highest BCUT2D eigenvalue weighted by atomic mass is 19.3. The number of halogens is 2. The van der Waals surface area contributed by atoms with Gasteiger partial charge >= 0.3 is 5.97 Å². The Morgan fingerprint density at radius 3 is 2.69 bits per heavy atom. The first-order chi connectivity index (χ1) is 5.91. The molecule has 0 radical (unpaired) electrons. The number of aliphatic carboxylic acids is 1. The first-order valence-electron chi connectivity index (χ1n) is 3.75. The third-order valence-electron chi connectivity index (χ3n) is 1.82. The van der Waals surface area contributed by atoms with E-state index in [1.807, 2.05) is 0 Å². The Bertz CT molecular complexity index is 281. The number of carboxylic acids is 1. The minimum Gasteiger partial charge on any atom is -0.478 e. The van der Waals surface area contributed by atoms with E-state index in [0.717, 1.165) is 0 Å². The van der Waals surface area contributed by atoms with E-state index >= 15 is 0 Å². The van der Waals surface area contributed by atoms with Gasteiger partial charge in [-0.2, -0.15) is 0 Å². The van der Waals surface area contributed by atoms with Crippen LogP contribution in [0, 0.1) is 0 Å². The topological polar surface area (TPSA) is 54.4 Å². The van der Waals surface area contributed by atoms with Gasteiger partial charge in [-0.05, 0) is 0 Å². The van der Waals surface area contributed by atoms with Crippen molar-refractivity contribution in [2.24, 2.45) is 0 Å². The number of hydrogen-bond acceptors (Lipinski definition) is 2. The van der Waals surface area contributed by atoms with Gasteiger partial charge in [0.05, 0.1) is 0 Å². The zero-order valence-electron chi connectivity index (χ0n) is 6.72. The lowest BCUT2D eigenvalue weighted by Crippen LogP contribution is -2.27. The molecule has 0 aromatic heterocycles. The van der Waals surface area contributed by atoms with Crippen LogP contribution in [0.4, 0.5) is 8.78 Å². The van der Waals surface area contributed by atoms with E-state index in [2.05, 4.69) is 0 Å². The highest BCUT2D eigenvalue weighted by Crippen LogP contribution is 2.34. The van der Waals surface area contributed by atoms with Gasteiger partial charge in [0.15, 0.2) is 5.78 Å². The summed E-state index contributed by atoms with van der Waals surface area (Å²) in [6.45, 7) is 0. The average Bonchev–Trinajstić information content (AvgIpc) is 1.95. The van der Waals surface area contributed by atoms with E-state index in [1.54, 1.807) is 0 Å². The van der Waals surface area contributed by atoms with Crippen LogP contribution in [-0.4, -0.2) is 22.8 Å². The van der Waals surface area contributed by atoms with Crippen molar-refractivity contribution in [1.29, 1.82) is 0 Å². The molecule has 0 saturated heterocycles. The Kier molecular flexibility index (Phi) is 2.45. The highest BCUT2D eigenvalue weighted by Gasteiger charge is 2.37. The molecule has 0 heterocycles. The quantitative estimate of drug-likeness (QED) is 0.635. The summed E-state index contributed by atoms with van der Waals surface area (Å²) < 4.78 is 25.4. The van der Waals surface area contributed by atoms with Crippen LogP contribution < -0.4 is 0 Å². The van der Waals surface area contributed by atoms with Crippen molar-refractivity contribution in [2.75, 3.05) is 0 Å². The van der Waals surface area contributed by atoms with E-state index < -0.39 is 30.5 Å². The number of hydrogen-bond donors (Lipinski definition) is 1. The van der Waals surface area contributed by atoms with Gasteiger partial charge in [0.1, 0.15) is 0 Å². The Balaban J connectivity index is 2.83. The van der Waals surface area contributed by atoms with E-state index in [-0.39, 0.29) is 12.0 Å². The summed E-state index contributed by atoms with van der Waals surface area (Å²) in [5.41, 5.74) is -0.288. The van der Waals surface area contributed by atoms with Crippen molar-refractivity contribution < 1.29 is 23.5 Å². The molecule has 0 amide bonds. The van der Waals surface area contributed by atoms with Crippen LogP contribution in [0.1, 0.15) is 19.3 Å². The van der Waals surface area contributed by atoms with Crippen molar-refractivity contribution >= 4 is 11.8 Å². The zero-order valence-corrected chi connectivity index (χ0v) is 6.72. The minimum absolute atomic E-state index is 0.272. The fourth-order valence-electron chi connectivity index (χ4n) is 1.20. The second kappa shape index (κ2) is 3.24. The molecular weight excluding hydrogens is 182 g/mol. The van der Waals surface area contributed by atoms with Crippen molar-refractivity contribution in [3.63, 3.8) is 0 Å². The third kappa shape index (κ3) is 2.61. The molecule has 0 bridgehead atoms. The van der Waals surface area contributed by atoms with Crippen molar-refractivity contribution in [2.45, 2.75) is 25.2 Å². The van der Waals surface area contributed by atoms with Crippen LogP contribution in [0.15, 0.2) is 11.6 Å². The molecule has 1 aliphatic rings. The molecular formula is C8H8F2O3. The molecule has 0 unspecified atom stereocenters. The Morgan fingerprint density at radius 2 is 2.15 bits per heavy atom. The second-order valence-electron chi connectivity index (χ2n) is 2.96. The maximum Gasteiger partial charge on any atom is 0.328 e. The van der Waals surface area contributed by atoms with E-state index in [9.17, 15) is 18.4 Å². The fourth-order valence-corrected chi connectivity index (χ4v) is 1.20. The molecule has 0 aliphatic heterocycles. The fraction of sp³-hybridized carbons (Fsp3) is 0.500. The predicted molar refractivity (Wildman–Crippen MR) is 39.5 cm³/mol. The molecule has 1 fully saturated rings. The SMILES string of the molecule is O=C(O)/C=C1\CC(F)(F)CCC1=O. The van der Waals surface area contributed by atoms with Crippen LogP contribution in [0.2, 0.25) is 0 Å². The first-order valence-corrected chi connectivity index (χ1v) is 3.75. The molecule has 3 nitrogen and oxygen atoms in total. The monoisotopic (exact) mass is 190 g/mol. The van der Waals surface area contributed by atoms with Crippen LogP contribution >= 0.6 is 0 Å². The van der Waals surface area contributed by atoms with E-state index in [4.69, 9.17) is 5.11 Å². The summed E-state index contributed by atoms with van der Waals surface area (Å²) in [4.78, 5) is 21.1. The van der Waals surface area contributed by atoms with Gasteiger partial charge in [-0.1, -0.05) is 0 Å². The maximum atomic E-state index is 12.7. The number of carboxylic acid groups (broad SMARTS) is 1. The molecule has 0 spiro atoms. The van der Waals surface area contributed by atoms with Crippen LogP contribution in [0.5, 0.6) is 0 Å². The lowest BCUT2D eigenvalue weighted by atomic mass is 9.90. The normalized spacial score (nSPS) is 24.8. The molecule has 1 saturated carbocycles. The highest BCUT2D eigenvalue weighted by molar-refractivity contribution is 6.01. The minimum atomic E-state index is -2.94. The molecule has 13 heavy (non-hydrogen) atoms. The summed E-state index contributed by atoms with van der Waals surface area (Å²) in [5.74, 6) is -4.79. The Labute approximate surface area is 73.0 Å². The summed E-state index contributed by atoms with van der Waals surface area (Å²) in [5, 5.41) is 8.28. The molecule has 0 aromatic rings. The number of carbonyl (C=O) groups is 2. The molecule has 72 valence electrons. The molecule has 5 heteroatoms. The smallest absolute Gasteiger partial charge is 0.328 e. The van der Waals surface area contributed by atoms with Gasteiger partial charge in [-0.25, -0.2) is 13.6 Å². The summed E-state index contributed by atoms with van der Waals surface area (Å²) >= 11 is 0. The predicted octanol–water partition coefficient (Wildman–Crippen LogP) is 1.39. The number of alkyl halides is 2. The second-order valence-corrected chi connectivity index (χ2v) is 2.96. The summed E-state index contributed by atoms with van der Waals surface area (Å²) in [7, 11) is 0. The number of ketones is 1. The Hall–Kier alpha value is -1.26. The van der Waals surface area contributed by atoms with Gasteiger partial charge in [-0.3, -0.25) is 4.79 Å². The van der Waals surface area contributed by atoms with Gasteiger partial charge in [0, 0.05) is 30.9 Å². The molecule has 1 rings (SSSR count). The first kappa shape index (κ1) is 9.83. The van der Waals surface area contributed by atoms with E-state index in [1.165, 1.54) is 0 Å². The Morgan fingerprint density at radius 1 is 1.54 bits per heavy atom. The summed E-state index contributed by atoms with van der Waals surface area (Å²) in [6, 6.07) is 0. The number of rotatable bonds is 1. The van der Waals surface area contributed by atoms with Crippen molar-refractivity contribution in [3.8, 4) is 0 Å². The van der Waals surface area contributed by atoms with Crippen LogP contribution in [0.25, 0.3) is 0 Å². The number of allylic oxidation sites excluding steroid dienone is 1. The number of carbonyl (C=O) groups excluding carboxylic acids is 1. The summed E-state index contributed by atoms with van der Waals surface area (Å²) in [6.07, 6.45) is -0.942. The van der Waals surface area contributed by atoms with Crippen LogP contribution in [-0.2, 0) is 9.59 Å². The molecule has 1 N–H and O–H groups in total. The zero-order chi connectivity index (χ0) is 10.1. The number of Topliss-reactive ketones (excluding diaryl/α,β-unsaturated/α-hetero) is 1. The van der Waals surface area contributed by atoms with Crippen LogP contribution in [0.3, 0.4) is 0 Å². The van der Waals surface area contributed by atoms with Gasteiger partial charge < -0.3 is 5.11 Å². The lowest BCUT2D eigenvalue weighted by Gasteiger charge is -2.22. The average molecular weight is 190 g/mol. The standard InChI is InChI=1S/C8H8F2O3/c9-8(10)2-1-6(11)5(4-8)3-7(12)13/h3H,1-2,4H2,(H,12,13)/b5-3+. The van der Waals surface area contributed by atoms with Crippen molar-refractivity contribution in [1.82, 2.24) is 0 Å². The van der Waals surface area contributed by atoms with Gasteiger partial charge in [0.2, 0.25) is 0 Å². The molecule has 0 aromatic carbocycles. The lowest BCUT2D eigenvalue weighted by molar-refractivity contribution is -0.132. The van der Waals surface area contributed by atoms with E-state index in [0.29, 0.717) is 6.08 Å². The maximum absolute atomic E-state index is 12.7. The third-order valence-corrected chi connectivity index (χ3v) is 1.82.